The van der Waals surface area contributed by atoms with Crippen molar-refractivity contribution in [3.63, 3.8) is 0 Å². The summed E-state index contributed by atoms with van der Waals surface area (Å²) in [5, 5.41) is 17.1. The zero-order chi connectivity index (χ0) is 29.5. The van der Waals surface area contributed by atoms with Crippen molar-refractivity contribution in [2.24, 2.45) is 16.2 Å². The number of rotatable bonds is 7. The minimum Gasteiger partial charge on any atom is -0.303 e. The van der Waals surface area contributed by atoms with Crippen LogP contribution in [0.15, 0.2) is 94.6 Å². The van der Waals surface area contributed by atoms with Crippen molar-refractivity contribution in [3.05, 3.63) is 111 Å². The van der Waals surface area contributed by atoms with Crippen molar-refractivity contribution >= 4 is 46.4 Å². The quantitative estimate of drug-likeness (QED) is 0.0777. The molecule has 0 aliphatic heterocycles. The number of hydrogen-bond donors (Lipinski definition) is 3. The van der Waals surface area contributed by atoms with Crippen LogP contribution in [-0.4, -0.2) is 17.8 Å². The molecule has 1 aliphatic rings. The second-order valence-corrected chi connectivity index (χ2v) is 11.6. The highest BCUT2D eigenvalue weighted by Gasteiger charge is 2.22. The number of anilines is 1. The van der Waals surface area contributed by atoms with E-state index in [2.05, 4.69) is 27.8 Å². The van der Waals surface area contributed by atoms with Gasteiger partial charge in [0, 0.05) is 15.9 Å². The minimum absolute atomic E-state index is 0.0954. The van der Waals surface area contributed by atoms with Gasteiger partial charge in [-0.25, -0.2) is 5.32 Å². The Hall–Kier alpha value is -4.34. The summed E-state index contributed by atoms with van der Waals surface area (Å²) in [7, 11) is 0. The topological polar surface area (TPSA) is 126 Å². The second kappa shape index (κ2) is 13.5. The molecule has 4 aromatic rings. The van der Waals surface area contributed by atoms with Gasteiger partial charge >= 0.3 is 11.9 Å². The van der Waals surface area contributed by atoms with Crippen molar-refractivity contribution in [1.82, 2.24) is 5.32 Å². The average molecular weight is 600 g/mol. The van der Waals surface area contributed by atoms with Gasteiger partial charge in [-0.15, -0.1) is 11.3 Å². The molecule has 214 valence electrons. The first-order valence-electron chi connectivity index (χ1n) is 13.8. The van der Waals surface area contributed by atoms with E-state index >= 15 is 0 Å². The Kier molecular flexibility index (Phi) is 9.41. The van der Waals surface area contributed by atoms with Crippen LogP contribution in [-0.2, 0) is 6.54 Å². The number of halogens is 1. The molecule has 1 heterocycles. The highest BCUT2D eigenvalue weighted by Crippen LogP contribution is 2.34. The van der Waals surface area contributed by atoms with Crippen LogP contribution in [0.4, 0.5) is 5.69 Å². The Morgan fingerprint density at radius 1 is 0.952 bits per heavy atom. The molecule has 0 unspecified atom stereocenters. The lowest BCUT2D eigenvalue weighted by molar-refractivity contribution is -0.119. The van der Waals surface area contributed by atoms with Crippen LogP contribution < -0.4 is 21.5 Å². The molecule has 8 nitrogen and oxygen atoms in total. The summed E-state index contributed by atoms with van der Waals surface area (Å²) in [6, 6.07) is 24.9. The molecule has 5 N–H and O–H groups in total. The number of nitrogens with zero attached hydrogens (tertiary/aromatic N) is 3. The zero-order valence-corrected chi connectivity index (χ0v) is 24.6. The third-order valence-electron chi connectivity index (χ3n) is 7.48. The Balaban J connectivity index is 1.40. The summed E-state index contributed by atoms with van der Waals surface area (Å²) in [6.45, 7) is 0.327. The fraction of sp³-hybridized carbons (Fsp3) is 0.219. The van der Waals surface area contributed by atoms with E-state index in [1.807, 2.05) is 60.0 Å². The molecule has 5 rings (SSSR count). The largest absolute Gasteiger partial charge is 0.414 e. The van der Waals surface area contributed by atoms with Crippen molar-refractivity contribution in [2.75, 3.05) is 4.90 Å². The van der Waals surface area contributed by atoms with E-state index in [4.69, 9.17) is 22.9 Å². The van der Waals surface area contributed by atoms with Crippen molar-refractivity contribution in [1.29, 1.82) is 0 Å². The van der Waals surface area contributed by atoms with Crippen LogP contribution in [0.2, 0.25) is 5.02 Å². The van der Waals surface area contributed by atoms with Crippen molar-refractivity contribution in [2.45, 2.75) is 44.6 Å². The van der Waals surface area contributed by atoms with E-state index < -0.39 is 5.91 Å². The van der Waals surface area contributed by atoms with Gasteiger partial charge in [-0.1, -0.05) is 67.3 Å². The van der Waals surface area contributed by atoms with E-state index in [1.54, 1.807) is 17.0 Å². The highest BCUT2D eigenvalue weighted by molar-refractivity contribution is 7.12. The van der Waals surface area contributed by atoms with Crippen LogP contribution in [0.5, 0.6) is 0 Å². The van der Waals surface area contributed by atoms with E-state index in [0.29, 0.717) is 27.9 Å². The molecule has 0 bridgehead atoms. The van der Waals surface area contributed by atoms with E-state index in [9.17, 15) is 9.59 Å². The molecule has 0 saturated heterocycles. The number of hydrogen-bond acceptors (Lipinski definition) is 4. The molecule has 0 atom stereocenters. The first-order chi connectivity index (χ1) is 20.4. The van der Waals surface area contributed by atoms with Crippen LogP contribution in [0.1, 0.15) is 69.2 Å². The number of nitrogens with one attached hydrogen (secondary N) is 1. The lowest BCUT2D eigenvalue weighted by atomic mass is 9.84. The smallest absolute Gasteiger partial charge is 0.303 e. The normalized spacial score (nSPS) is 13.6. The summed E-state index contributed by atoms with van der Waals surface area (Å²) in [5.41, 5.74) is 5.36. The Bertz CT molecular complexity index is 1580. The number of thiophene rings is 1. The predicted octanol–water partition coefficient (Wildman–Crippen LogP) is 6.13. The fourth-order valence-corrected chi connectivity index (χ4v) is 6.23. The average Bonchev–Trinajstić information content (AvgIpc) is 3.51. The van der Waals surface area contributed by atoms with Gasteiger partial charge in [0.15, 0.2) is 0 Å². The number of carbonyl (C=O) groups excluding carboxylic acids is 2. The molecule has 1 saturated carbocycles. The van der Waals surface area contributed by atoms with Gasteiger partial charge in [0.05, 0.1) is 22.1 Å². The van der Waals surface area contributed by atoms with Gasteiger partial charge in [0.25, 0.3) is 5.91 Å². The van der Waals surface area contributed by atoms with E-state index in [-0.39, 0.29) is 11.9 Å². The molecule has 2 amide bonds. The first-order valence-corrected chi connectivity index (χ1v) is 15.1. The van der Waals surface area contributed by atoms with Gasteiger partial charge < -0.3 is 4.90 Å². The lowest BCUT2D eigenvalue weighted by Gasteiger charge is -2.25. The molecular weight excluding hydrogens is 568 g/mol. The molecule has 0 spiro atoms. The summed E-state index contributed by atoms with van der Waals surface area (Å²) >= 11 is 7.48. The standard InChI is InChI=1S/C32H31ClN6O2S/c33-27-14-10-24(11-15-27)26-18-29(42-20-26)31(41)39(28-16-12-23(13-17-28)22-4-2-1-3-5-22)19-21-6-8-25(9-7-21)30(40)36-32(34)37-38-35/h6-18,20,22H,1-5,19H2,(H4,34,35,36,37,40)/p+1. The summed E-state index contributed by atoms with van der Waals surface area (Å²) in [5.74, 6) is 4.82. The maximum atomic E-state index is 14.0. The molecule has 1 aromatic heterocycles. The molecule has 0 radical (unpaired) electrons. The van der Waals surface area contributed by atoms with Crippen molar-refractivity contribution in [3.8, 4) is 11.1 Å². The molecule has 3 aromatic carbocycles. The van der Waals surface area contributed by atoms with Gasteiger partial charge in [0.2, 0.25) is 0 Å². The van der Waals surface area contributed by atoms with Crippen LogP contribution >= 0.6 is 22.9 Å². The maximum Gasteiger partial charge on any atom is 0.414 e. The molecule has 1 aliphatic carbocycles. The summed E-state index contributed by atoms with van der Waals surface area (Å²) in [4.78, 5) is 28.9. The summed E-state index contributed by atoms with van der Waals surface area (Å²) < 4.78 is 0. The molecule has 1 fully saturated rings. The third kappa shape index (κ3) is 7.10. The SMILES string of the molecule is NN=NC(=[NH2+])NC(=O)c1ccc(CN(C(=O)c2cc(-c3ccc(Cl)cc3)cs2)c2ccc(C3CCCCC3)cc2)cc1. The van der Waals surface area contributed by atoms with E-state index in [1.165, 1.54) is 49.0 Å². The second-order valence-electron chi connectivity index (χ2n) is 10.3. The van der Waals surface area contributed by atoms with Crippen LogP contribution in [0, 0.1) is 0 Å². The monoisotopic (exact) mass is 599 g/mol. The number of carbonyl (C=O) groups is 2. The Morgan fingerprint density at radius 3 is 2.31 bits per heavy atom. The van der Waals surface area contributed by atoms with Gasteiger partial charge in [-0.05, 0) is 88.9 Å². The van der Waals surface area contributed by atoms with E-state index in [0.717, 1.165) is 22.4 Å². The van der Waals surface area contributed by atoms with Crippen LogP contribution in [0.25, 0.3) is 11.1 Å². The number of nitrogens with two attached hydrogens (primary N) is 2. The van der Waals surface area contributed by atoms with Gasteiger partial charge in [-0.2, -0.15) is 0 Å². The number of guanidine groups is 1. The summed E-state index contributed by atoms with van der Waals surface area (Å²) in [6.07, 6.45) is 6.26. The number of amides is 2. The van der Waals surface area contributed by atoms with Crippen LogP contribution in [0.3, 0.4) is 0 Å². The third-order valence-corrected chi connectivity index (χ3v) is 8.65. The molecular formula is C32H32ClN6O2S+. The minimum atomic E-state index is -0.439. The zero-order valence-electron chi connectivity index (χ0n) is 23.0. The lowest BCUT2D eigenvalue weighted by Crippen LogP contribution is -2.49. The highest BCUT2D eigenvalue weighted by atomic mass is 35.5. The number of benzene rings is 3. The fourth-order valence-electron chi connectivity index (χ4n) is 5.24. The first kappa shape index (κ1) is 29.2. The van der Waals surface area contributed by atoms with Crippen molar-refractivity contribution < 1.29 is 15.0 Å². The molecule has 42 heavy (non-hydrogen) atoms. The van der Waals surface area contributed by atoms with Gasteiger partial charge in [-0.3, -0.25) is 20.8 Å². The Labute approximate surface area is 253 Å². The maximum absolute atomic E-state index is 14.0. The van der Waals surface area contributed by atoms with Gasteiger partial charge in [0.1, 0.15) is 0 Å². The Morgan fingerprint density at radius 2 is 1.64 bits per heavy atom. The predicted molar refractivity (Wildman–Crippen MR) is 167 cm³/mol. The molecule has 10 heteroatoms.